The summed E-state index contributed by atoms with van der Waals surface area (Å²) in [6.45, 7) is -0.00882. The fourth-order valence-corrected chi connectivity index (χ4v) is 3.23. The number of aromatic nitrogens is 4. The van der Waals surface area contributed by atoms with E-state index in [-0.39, 0.29) is 6.61 Å². The Morgan fingerprint density at radius 3 is 2.96 bits per heavy atom. The van der Waals surface area contributed by atoms with E-state index in [1.165, 1.54) is 0 Å². The normalized spacial score (nSPS) is 11.0. The molecule has 0 aliphatic rings. The number of pyridine rings is 1. The number of aromatic amines is 1. The molecule has 0 spiro atoms. The number of hydrogen-bond donors (Lipinski definition) is 3. The summed E-state index contributed by atoms with van der Waals surface area (Å²) in [7, 11) is 0. The number of fused-ring (bicyclic) bond motifs is 1. The van der Waals surface area contributed by atoms with Gasteiger partial charge in [0.1, 0.15) is 5.82 Å². The highest BCUT2D eigenvalue weighted by molar-refractivity contribution is 7.22. The molecule has 3 aromatic heterocycles. The highest BCUT2D eigenvalue weighted by Gasteiger charge is 2.07. The van der Waals surface area contributed by atoms with Crippen molar-refractivity contribution in [2.24, 2.45) is 0 Å². The second-order valence-corrected chi connectivity index (χ2v) is 6.05. The molecule has 4 aromatic rings. The van der Waals surface area contributed by atoms with Crippen LogP contribution in [0.1, 0.15) is 5.56 Å². The van der Waals surface area contributed by atoms with Gasteiger partial charge in [0.2, 0.25) is 0 Å². The Bertz CT molecular complexity index is 948. The van der Waals surface area contributed by atoms with Gasteiger partial charge in [0, 0.05) is 18.0 Å². The van der Waals surface area contributed by atoms with Crippen LogP contribution in [0.15, 0.2) is 48.9 Å². The molecule has 6 nitrogen and oxygen atoms in total. The molecular weight excluding hydrogens is 310 g/mol. The Morgan fingerprint density at radius 1 is 1.17 bits per heavy atom. The topological polar surface area (TPSA) is 86.7 Å². The quantitative estimate of drug-likeness (QED) is 0.536. The average Bonchev–Trinajstić information content (AvgIpc) is 3.23. The molecule has 23 heavy (non-hydrogen) atoms. The van der Waals surface area contributed by atoms with E-state index in [1.807, 2.05) is 24.4 Å². The zero-order valence-electron chi connectivity index (χ0n) is 12.0. The SMILES string of the molecule is OCc1ccnc(Nc2nc3ccc(-c4cn[nH]c4)cc3s2)c1. The molecule has 1 aromatic carbocycles. The van der Waals surface area contributed by atoms with Gasteiger partial charge in [-0.05, 0) is 35.4 Å². The van der Waals surface area contributed by atoms with Crippen LogP contribution in [0.3, 0.4) is 0 Å². The van der Waals surface area contributed by atoms with Gasteiger partial charge in [-0.1, -0.05) is 17.4 Å². The first-order valence-corrected chi connectivity index (χ1v) is 7.86. The smallest absolute Gasteiger partial charge is 0.189 e. The van der Waals surface area contributed by atoms with Gasteiger partial charge in [-0.25, -0.2) is 9.97 Å². The number of benzene rings is 1. The predicted molar refractivity (Wildman–Crippen MR) is 90.6 cm³/mol. The number of thiazole rings is 1. The maximum absolute atomic E-state index is 9.19. The van der Waals surface area contributed by atoms with Crippen molar-refractivity contribution in [3.8, 4) is 11.1 Å². The van der Waals surface area contributed by atoms with Crippen LogP contribution < -0.4 is 5.32 Å². The van der Waals surface area contributed by atoms with Gasteiger partial charge in [0.25, 0.3) is 0 Å². The summed E-state index contributed by atoms with van der Waals surface area (Å²) in [4.78, 5) is 8.81. The molecule has 0 radical (unpaired) electrons. The molecule has 0 aliphatic carbocycles. The molecule has 0 aliphatic heterocycles. The zero-order chi connectivity index (χ0) is 15.6. The van der Waals surface area contributed by atoms with Crippen molar-refractivity contribution in [1.29, 1.82) is 0 Å². The minimum atomic E-state index is -0.00882. The Labute approximate surface area is 135 Å². The molecule has 0 bridgehead atoms. The third kappa shape index (κ3) is 2.79. The van der Waals surface area contributed by atoms with E-state index >= 15 is 0 Å². The maximum Gasteiger partial charge on any atom is 0.189 e. The van der Waals surface area contributed by atoms with E-state index in [2.05, 4.69) is 31.5 Å². The van der Waals surface area contributed by atoms with Crippen LogP contribution in [-0.4, -0.2) is 25.3 Å². The van der Waals surface area contributed by atoms with Crippen molar-refractivity contribution in [3.05, 3.63) is 54.5 Å². The summed E-state index contributed by atoms with van der Waals surface area (Å²) < 4.78 is 1.09. The molecule has 4 rings (SSSR count). The number of rotatable bonds is 4. The summed E-state index contributed by atoms with van der Waals surface area (Å²) in [5.41, 5.74) is 3.89. The van der Waals surface area contributed by atoms with Gasteiger partial charge in [0.05, 0.1) is 23.0 Å². The van der Waals surface area contributed by atoms with Crippen molar-refractivity contribution >= 4 is 32.5 Å². The summed E-state index contributed by atoms with van der Waals surface area (Å²) in [6, 6.07) is 9.71. The highest BCUT2D eigenvalue weighted by atomic mass is 32.1. The minimum Gasteiger partial charge on any atom is -0.392 e. The van der Waals surface area contributed by atoms with Crippen LogP contribution in [0.5, 0.6) is 0 Å². The van der Waals surface area contributed by atoms with Crippen LogP contribution >= 0.6 is 11.3 Å². The minimum absolute atomic E-state index is 0.00882. The molecule has 0 atom stereocenters. The number of nitrogens with zero attached hydrogens (tertiary/aromatic N) is 3. The summed E-state index contributed by atoms with van der Waals surface area (Å²) in [5.74, 6) is 0.672. The van der Waals surface area contributed by atoms with Crippen LogP contribution in [0.25, 0.3) is 21.3 Å². The molecule has 0 unspecified atom stereocenters. The van der Waals surface area contributed by atoms with Crippen molar-refractivity contribution in [3.63, 3.8) is 0 Å². The van der Waals surface area contributed by atoms with Crippen LogP contribution in [0, 0.1) is 0 Å². The second-order valence-electron chi connectivity index (χ2n) is 5.02. The van der Waals surface area contributed by atoms with Gasteiger partial charge in [-0.2, -0.15) is 5.10 Å². The van der Waals surface area contributed by atoms with E-state index < -0.39 is 0 Å². The molecular formula is C16H13N5OS. The Balaban J connectivity index is 1.66. The molecule has 0 saturated carbocycles. The van der Waals surface area contributed by atoms with Gasteiger partial charge in [-0.3, -0.25) is 5.10 Å². The molecule has 7 heteroatoms. The second kappa shape index (κ2) is 5.79. The molecule has 3 heterocycles. The predicted octanol–water partition coefficient (Wildman–Crippen LogP) is 3.32. The van der Waals surface area contributed by atoms with Crippen LogP contribution in [-0.2, 0) is 6.61 Å². The third-order valence-electron chi connectivity index (χ3n) is 3.46. The molecule has 114 valence electrons. The fraction of sp³-hybridized carbons (Fsp3) is 0.0625. The van der Waals surface area contributed by atoms with Crippen molar-refractivity contribution < 1.29 is 5.11 Å². The lowest BCUT2D eigenvalue weighted by Crippen LogP contribution is -1.94. The first-order chi connectivity index (χ1) is 11.3. The van der Waals surface area contributed by atoms with E-state index in [4.69, 9.17) is 0 Å². The van der Waals surface area contributed by atoms with Gasteiger partial charge < -0.3 is 10.4 Å². The fourth-order valence-electron chi connectivity index (χ4n) is 2.32. The van der Waals surface area contributed by atoms with Crippen molar-refractivity contribution in [2.45, 2.75) is 6.61 Å². The average molecular weight is 323 g/mol. The van der Waals surface area contributed by atoms with Crippen LogP contribution in [0.2, 0.25) is 0 Å². The number of H-pyrrole nitrogens is 1. The highest BCUT2D eigenvalue weighted by Crippen LogP contribution is 2.31. The Hall–Kier alpha value is -2.77. The van der Waals surface area contributed by atoms with E-state index in [1.54, 1.807) is 29.8 Å². The van der Waals surface area contributed by atoms with E-state index in [0.29, 0.717) is 5.82 Å². The van der Waals surface area contributed by atoms with Crippen molar-refractivity contribution in [2.75, 3.05) is 5.32 Å². The number of aliphatic hydroxyl groups is 1. The zero-order valence-corrected chi connectivity index (χ0v) is 12.8. The Morgan fingerprint density at radius 2 is 2.13 bits per heavy atom. The summed E-state index contributed by atoms with van der Waals surface area (Å²) >= 11 is 1.56. The maximum atomic E-state index is 9.19. The lowest BCUT2D eigenvalue weighted by atomic mass is 10.1. The molecule has 0 fully saturated rings. The van der Waals surface area contributed by atoms with E-state index in [0.717, 1.165) is 32.0 Å². The molecule has 0 amide bonds. The van der Waals surface area contributed by atoms with Crippen molar-refractivity contribution in [1.82, 2.24) is 20.2 Å². The monoisotopic (exact) mass is 323 g/mol. The number of nitrogens with one attached hydrogen (secondary N) is 2. The standard InChI is InChI=1S/C16H13N5OS/c22-9-10-3-4-17-15(5-10)21-16-20-13-2-1-11(6-14(13)23-16)12-7-18-19-8-12/h1-8,22H,9H2,(H,18,19)(H,17,20,21). The number of hydrogen-bond acceptors (Lipinski definition) is 6. The Kier molecular flexibility index (Phi) is 3.49. The van der Waals surface area contributed by atoms with Crippen LogP contribution in [0.4, 0.5) is 10.9 Å². The number of aliphatic hydroxyl groups excluding tert-OH is 1. The first kappa shape index (κ1) is 13.9. The third-order valence-corrected chi connectivity index (χ3v) is 4.40. The molecule has 0 saturated heterocycles. The lowest BCUT2D eigenvalue weighted by Gasteiger charge is -2.02. The summed E-state index contributed by atoms with van der Waals surface area (Å²) in [6.07, 6.45) is 5.33. The summed E-state index contributed by atoms with van der Waals surface area (Å²) in [5, 5.41) is 19.9. The number of anilines is 2. The largest absolute Gasteiger partial charge is 0.392 e. The molecule has 3 N–H and O–H groups in total. The van der Waals surface area contributed by atoms with Gasteiger partial charge in [-0.15, -0.1) is 0 Å². The van der Waals surface area contributed by atoms with Gasteiger partial charge >= 0.3 is 0 Å². The van der Waals surface area contributed by atoms with E-state index in [9.17, 15) is 5.11 Å². The first-order valence-electron chi connectivity index (χ1n) is 7.04. The lowest BCUT2D eigenvalue weighted by molar-refractivity contribution is 0.282. The van der Waals surface area contributed by atoms with Gasteiger partial charge in [0.15, 0.2) is 5.13 Å².